The third-order valence-corrected chi connectivity index (χ3v) is 5.94. The first kappa shape index (κ1) is 23.2. The summed E-state index contributed by atoms with van der Waals surface area (Å²) in [5, 5.41) is 22.9. The number of halogens is 1. The fraction of sp³-hybridized carbons (Fsp3) is 0.250. The molecule has 5 heteroatoms. The normalized spacial score (nSPS) is 12.6. The Bertz CT molecular complexity index is 1250. The summed E-state index contributed by atoms with van der Waals surface area (Å²) in [6.07, 6.45) is 0.573. The zero-order valence-electron chi connectivity index (χ0n) is 18.8. The Morgan fingerprint density at radius 1 is 0.970 bits per heavy atom. The topological polar surface area (TPSA) is 62.6 Å². The first-order valence-electron chi connectivity index (χ1n) is 11.1. The molecule has 0 radical (unpaired) electrons. The van der Waals surface area contributed by atoms with Crippen LogP contribution in [0.2, 0.25) is 5.02 Å². The van der Waals surface area contributed by atoms with Crippen LogP contribution in [0.25, 0.3) is 10.9 Å². The molecule has 0 saturated carbocycles. The summed E-state index contributed by atoms with van der Waals surface area (Å²) in [4.78, 5) is 4.62. The largest absolute Gasteiger partial charge is 0.487 e. The molecule has 33 heavy (non-hydrogen) atoms. The van der Waals surface area contributed by atoms with Crippen molar-refractivity contribution in [2.45, 2.75) is 45.0 Å². The van der Waals surface area contributed by atoms with Crippen molar-refractivity contribution in [1.82, 2.24) is 4.98 Å². The van der Waals surface area contributed by atoms with Gasteiger partial charge in [0.05, 0.1) is 22.9 Å². The van der Waals surface area contributed by atoms with E-state index in [9.17, 15) is 10.2 Å². The summed E-state index contributed by atoms with van der Waals surface area (Å²) in [5.41, 5.74) is 3.44. The van der Waals surface area contributed by atoms with Crippen LogP contribution in [0.1, 0.15) is 48.8 Å². The molecule has 0 aliphatic rings. The molecule has 1 heterocycles. The molecule has 3 aromatic carbocycles. The molecule has 170 valence electrons. The lowest BCUT2D eigenvalue weighted by Crippen LogP contribution is -2.18. The predicted molar refractivity (Wildman–Crippen MR) is 132 cm³/mol. The minimum atomic E-state index is -0.919. The van der Waals surface area contributed by atoms with Gasteiger partial charge in [0.15, 0.2) is 0 Å². The molecule has 0 spiro atoms. The van der Waals surface area contributed by atoms with E-state index in [0.29, 0.717) is 30.2 Å². The number of pyridine rings is 1. The molecule has 0 aliphatic carbocycles. The van der Waals surface area contributed by atoms with Crippen molar-refractivity contribution in [1.29, 1.82) is 0 Å². The summed E-state index contributed by atoms with van der Waals surface area (Å²) in [7, 11) is 0. The smallest absolute Gasteiger partial charge is 0.130 e. The van der Waals surface area contributed by atoms with Crippen LogP contribution in [0.15, 0.2) is 78.9 Å². The molecule has 4 rings (SSSR count). The molecule has 1 atom stereocenters. The quantitative estimate of drug-likeness (QED) is 0.320. The molecule has 1 aromatic heterocycles. The van der Waals surface area contributed by atoms with E-state index in [-0.39, 0.29) is 0 Å². The fourth-order valence-corrected chi connectivity index (χ4v) is 4.14. The van der Waals surface area contributed by atoms with Gasteiger partial charge in [0.2, 0.25) is 0 Å². The van der Waals surface area contributed by atoms with Crippen LogP contribution in [-0.4, -0.2) is 15.2 Å². The Morgan fingerprint density at radius 2 is 1.76 bits per heavy atom. The van der Waals surface area contributed by atoms with E-state index in [4.69, 9.17) is 16.3 Å². The SMILES string of the molecule is CC(C)(O)c1ccccc1CC[C@@H](O)c1cccc(OCc2ccc3ccc(Cl)cc3n2)c1. The van der Waals surface area contributed by atoms with E-state index in [1.807, 2.05) is 78.9 Å². The van der Waals surface area contributed by atoms with Crippen molar-refractivity contribution in [2.75, 3.05) is 0 Å². The lowest BCUT2D eigenvalue weighted by molar-refractivity contribution is 0.0772. The number of aromatic nitrogens is 1. The number of hydrogen-bond donors (Lipinski definition) is 2. The Kier molecular flexibility index (Phi) is 6.99. The molecule has 4 nitrogen and oxygen atoms in total. The van der Waals surface area contributed by atoms with Crippen LogP contribution in [0.3, 0.4) is 0 Å². The third kappa shape index (κ3) is 5.91. The maximum atomic E-state index is 10.8. The van der Waals surface area contributed by atoms with E-state index < -0.39 is 11.7 Å². The molecular weight excluding hydrogens is 434 g/mol. The Morgan fingerprint density at radius 3 is 2.58 bits per heavy atom. The van der Waals surface area contributed by atoms with Gasteiger partial charge in [-0.2, -0.15) is 0 Å². The first-order chi connectivity index (χ1) is 15.8. The molecule has 0 fully saturated rings. The number of aliphatic hydroxyl groups excluding tert-OH is 1. The first-order valence-corrected chi connectivity index (χ1v) is 11.4. The summed E-state index contributed by atoms with van der Waals surface area (Å²) in [6, 6.07) is 24.9. The Labute approximate surface area is 199 Å². The van der Waals surface area contributed by atoms with Gasteiger partial charge in [-0.15, -0.1) is 0 Å². The van der Waals surface area contributed by atoms with E-state index in [0.717, 1.165) is 33.3 Å². The van der Waals surface area contributed by atoms with E-state index >= 15 is 0 Å². The lowest BCUT2D eigenvalue weighted by Gasteiger charge is -2.22. The average molecular weight is 462 g/mol. The highest BCUT2D eigenvalue weighted by Crippen LogP contribution is 2.28. The molecule has 0 saturated heterocycles. The number of aliphatic hydroxyl groups is 2. The highest BCUT2D eigenvalue weighted by Gasteiger charge is 2.20. The Balaban J connectivity index is 1.41. The molecular formula is C28H28ClNO3. The average Bonchev–Trinajstić information content (AvgIpc) is 2.80. The number of nitrogens with zero attached hydrogens (tertiary/aromatic N) is 1. The van der Waals surface area contributed by atoms with Crippen molar-refractivity contribution in [2.24, 2.45) is 0 Å². The number of rotatable bonds is 8. The number of ether oxygens (including phenoxy) is 1. The number of aryl methyl sites for hydroxylation is 1. The van der Waals surface area contributed by atoms with Gasteiger partial charge in [-0.3, -0.25) is 0 Å². The highest BCUT2D eigenvalue weighted by molar-refractivity contribution is 6.31. The minimum Gasteiger partial charge on any atom is -0.487 e. The number of hydrogen-bond acceptors (Lipinski definition) is 4. The van der Waals surface area contributed by atoms with Crippen LogP contribution in [0.5, 0.6) is 5.75 Å². The molecule has 0 unspecified atom stereocenters. The zero-order valence-corrected chi connectivity index (χ0v) is 19.6. The van der Waals surface area contributed by atoms with Crippen LogP contribution in [0, 0.1) is 0 Å². The van der Waals surface area contributed by atoms with Crippen LogP contribution in [0.4, 0.5) is 0 Å². The van der Waals surface area contributed by atoms with Crippen LogP contribution >= 0.6 is 11.6 Å². The third-order valence-electron chi connectivity index (χ3n) is 5.71. The molecule has 2 N–H and O–H groups in total. The maximum Gasteiger partial charge on any atom is 0.130 e. The van der Waals surface area contributed by atoms with Gasteiger partial charge in [0, 0.05) is 10.4 Å². The number of fused-ring (bicyclic) bond motifs is 1. The maximum absolute atomic E-state index is 10.8. The zero-order chi connectivity index (χ0) is 23.4. The van der Waals surface area contributed by atoms with Gasteiger partial charge >= 0.3 is 0 Å². The van der Waals surface area contributed by atoms with Crippen LogP contribution in [-0.2, 0) is 18.6 Å². The van der Waals surface area contributed by atoms with Gasteiger partial charge in [-0.1, -0.05) is 60.1 Å². The van der Waals surface area contributed by atoms with Crippen molar-refractivity contribution in [3.63, 3.8) is 0 Å². The van der Waals surface area contributed by atoms with E-state index in [1.54, 1.807) is 13.8 Å². The molecule has 0 bridgehead atoms. The van der Waals surface area contributed by atoms with Crippen molar-refractivity contribution in [3.8, 4) is 5.75 Å². The summed E-state index contributed by atoms with van der Waals surface area (Å²) in [5.74, 6) is 0.677. The van der Waals surface area contributed by atoms with E-state index in [1.165, 1.54) is 0 Å². The Hall–Kier alpha value is -2.92. The van der Waals surface area contributed by atoms with E-state index in [2.05, 4.69) is 4.98 Å². The van der Waals surface area contributed by atoms with Crippen molar-refractivity contribution < 1.29 is 14.9 Å². The second-order valence-electron chi connectivity index (χ2n) is 8.77. The predicted octanol–water partition coefficient (Wildman–Crippen LogP) is 6.36. The van der Waals surface area contributed by atoms with Gasteiger partial charge in [0.1, 0.15) is 12.4 Å². The highest BCUT2D eigenvalue weighted by atomic mass is 35.5. The van der Waals surface area contributed by atoms with Crippen molar-refractivity contribution in [3.05, 3.63) is 106 Å². The molecule has 0 amide bonds. The summed E-state index contributed by atoms with van der Waals surface area (Å²) >= 11 is 6.08. The minimum absolute atomic E-state index is 0.320. The lowest BCUT2D eigenvalue weighted by atomic mass is 9.90. The number of benzene rings is 3. The van der Waals surface area contributed by atoms with Crippen molar-refractivity contribution >= 4 is 22.5 Å². The van der Waals surface area contributed by atoms with Gasteiger partial charge in [-0.25, -0.2) is 4.98 Å². The standard InChI is InChI=1S/C28H28ClNO3/c1-28(2,32)25-9-4-3-6-19(25)12-15-27(31)21-7-5-8-24(16-21)33-18-23-14-11-20-10-13-22(29)17-26(20)30-23/h3-11,13-14,16-17,27,31-32H,12,15,18H2,1-2H3/t27-/m1/s1. The second-order valence-corrected chi connectivity index (χ2v) is 9.21. The van der Waals surface area contributed by atoms with Crippen LogP contribution < -0.4 is 4.74 Å². The monoisotopic (exact) mass is 461 g/mol. The van der Waals surface area contributed by atoms with Gasteiger partial charge in [0.25, 0.3) is 0 Å². The molecule has 4 aromatic rings. The summed E-state index contributed by atoms with van der Waals surface area (Å²) < 4.78 is 5.95. The summed E-state index contributed by atoms with van der Waals surface area (Å²) in [6.45, 7) is 3.88. The van der Waals surface area contributed by atoms with Gasteiger partial charge < -0.3 is 14.9 Å². The fourth-order valence-electron chi connectivity index (χ4n) is 3.98. The molecule has 0 aliphatic heterocycles. The van der Waals surface area contributed by atoms with Gasteiger partial charge in [-0.05, 0) is 73.7 Å². The second kappa shape index (κ2) is 9.92.